The number of anilines is 1. The summed E-state index contributed by atoms with van der Waals surface area (Å²) in [5, 5.41) is 4.54. The molecule has 1 aromatic carbocycles. The van der Waals surface area contributed by atoms with Gasteiger partial charge in [0.05, 0.1) is 17.9 Å². The number of hydrogen-bond donors (Lipinski definition) is 1. The number of aryl methyl sites for hydroxylation is 2. The zero-order valence-corrected chi connectivity index (χ0v) is 13.5. The largest absolute Gasteiger partial charge is 0.363 e. The van der Waals surface area contributed by atoms with Gasteiger partial charge >= 0.3 is 0 Å². The molecular formula is C17H26N4. The highest BCUT2D eigenvalue weighted by molar-refractivity contribution is 5.48. The second-order valence-electron chi connectivity index (χ2n) is 5.70. The van der Waals surface area contributed by atoms with Crippen LogP contribution in [0.3, 0.4) is 0 Å². The summed E-state index contributed by atoms with van der Waals surface area (Å²) in [4.78, 5) is 2.39. The Labute approximate surface area is 127 Å². The Bertz CT molecular complexity index is 569. The quantitative estimate of drug-likeness (QED) is 0.888. The van der Waals surface area contributed by atoms with Crippen molar-refractivity contribution in [2.24, 2.45) is 12.8 Å². The van der Waals surface area contributed by atoms with E-state index in [2.05, 4.69) is 61.1 Å². The topological polar surface area (TPSA) is 47.1 Å². The molecule has 0 aliphatic heterocycles. The third-order valence-electron chi connectivity index (χ3n) is 3.85. The first-order valence-electron chi connectivity index (χ1n) is 7.62. The molecule has 0 saturated heterocycles. The van der Waals surface area contributed by atoms with Crippen LogP contribution in [0.25, 0.3) is 0 Å². The third-order valence-corrected chi connectivity index (χ3v) is 3.85. The summed E-state index contributed by atoms with van der Waals surface area (Å²) in [5.74, 6) is 0. The van der Waals surface area contributed by atoms with Gasteiger partial charge in [0, 0.05) is 25.3 Å². The van der Waals surface area contributed by atoms with Gasteiger partial charge in [-0.05, 0) is 44.0 Å². The van der Waals surface area contributed by atoms with Crippen molar-refractivity contribution in [1.82, 2.24) is 9.78 Å². The van der Waals surface area contributed by atoms with E-state index in [4.69, 9.17) is 5.73 Å². The van der Waals surface area contributed by atoms with Crippen molar-refractivity contribution in [2.75, 3.05) is 4.90 Å². The number of nitrogens with zero attached hydrogens (tertiary/aromatic N) is 3. The van der Waals surface area contributed by atoms with E-state index in [0.717, 1.165) is 24.2 Å². The van der Waals surface area contributed by atoms with Crippen LogP contribution in [0.4, 0.5) is 5.69 Å². The third kappa shape index (κ3) is 3.64. The van der Waals surface area contributed by atoms with E-state index in [1.165, 1.54) is 11.4 Å². The van der Waals surface area contributed by atoms with Crippen molar-refractivity contribution in [3.05, 3.63) is 47.3 Å². The van der Waals surface area contributed by atoms with Gasteiger partial charge in [0.1, 0.15) is 0 Å². The molecule has 0 unspecified atom stereocenters. The average Bonchev–Trinajstić information content (AvgIpc) is 2.85. The number of nitrogens with two attached hydrogens (primary N) is 1. The van der Waals surface area contributed by atoms with E-state index in [0.29, 0.717) is 12.6 Å². The van der Waals surface area contributed by atoms with Crippen molar-refractivity contribution >= 4 is 5.69 Å². The summed E-state index contributed by atoms with van der Waals surface area (Å²) in [6.07, 6.45) is 0.973. The van der Waals surface area contributed by atoms with Gasteiger partial charge in [-0.1, -0.05) is 19.1 Å². The number of rotatable bonds is 6. The van der Waals surface area contributed by atoms with E-state index < -0.39 is 0 Å². The molecule has 21 heavy (non-hydrogen) atoms. The summed E-state index contributed by atoms with van der Waals surface area (Å²) in [7, 11) is 2.02. The van der Waals surface area contributed by atoms with E-state index in [-0.39, 0.29) is 0 Å². The highest BCUT2D eigenvalue weighted by atomic mass is 15.3. The molecule has 0 bridgehead atoms. The van der Waals surface area contributed by atoms with Gasteiger partial charge in [0.25, 0.3) is 0 Å². The van der Waals surface area contributed by atoms with Gasteiger partial charge in [-0.3, -0.25) is 4.68 Å². The summed E-state index contributed by atoms with van der Waals surface area (Å²) in [5.41, 5.74) is 10.4. The lowest BCUT2D eigenvalue weighted by molar-refractivity contribution is 0.631. The molecule has 0 saturated carbocycles. The smallest absolute Gasteiger partial charge is 0.0625 e. The molecule has 0 radical (unpaired) electrons. The molecule has 0 fully saturated rings. The van der Waals surface area contributed by atoms with Crippen LogP contribution < -0.4 is 10.6 Å². The highest BCUT2D eigenvalue weighted by Crippen LogP contribution is 2.21. The maximum atomic E-state index is 5.67. The molecule has 114 valence electrons. The Morgan fingerprint density at radius 2 is 1.90 bits per heavy atom. The van der Waals surface area contributed by atoms with Crippen LogP contribution >= 0.6 is 0 Å². The van der Waals surface area contributed by atoms with Crippen LogP contribution in [0.5, 0.6) is 0 Å². The molecule has 2 rings (SSSR count). The Hall–Kier alpha value is -1.81. The molecule has 0 spiro atoms. The number of benzene rings is 1. The SMILES string of the molecule is CCc1cc(CN(c2ccc(CN)cc2)C(C)C)n(C)n1. The zero-order chi connectivity index (χ0) is 15.4. The lowest BCUT2D eigenvalue weighted by Crippen LogP contribution is -2.31. The summed E-state index contributed by atoms with van der Waals surface area (Å²) >= 11 is 0. The minimum Gasteiger partial charge on any atom is -0.363 e. The normalized spacial score (nSPS) is 11.1. The van der Waals surface area contributed by atoms with Crippen LogP contribution in [0.2, 0.25) is 0 Å². The van der Waals surface area contributed by atoms with Crippen LogP contribution in [-0.2, 0) is 26.6 Å². The van der Waals surface area contributed by atoms with Crippen molar-refractivity contribution in [3.63, 3.8) is 0 Å². The number of hydrogen-bond acceptors (Lipinski definition) is 3. The standard InChI is InChI=1S/C17H26N4/c1-5-15-10-17(20(4)19-15)12-21(13(2)3)16-8-6-14(11-18)7-9-16/h6-10,13H,5,11-12,18H2,1-4H3. The van der Waals surface area contributed by atoms with Crippen molar-refractivity contribution in [2.45, 2.75) is 46.3 Å². The van der Waals surface area contributed by atoms with E-state index in [9.17, 15) is 0 Å². The number of aromatic nitrogens is 2. The lowest BCUT2D eigenvalue weighted by Gasteiger charge is -2.29. The van der Waals surface area contributed by atoms with Gasteiger partial charge in [0.15, 0.2) is 0 Å². The first-order valence-corrected chi connectivity index (χ1v) is 7.62. The molecule has 0 aliphatic carbocycles. The molecule has 0 aliphatic rings. The van der Waals surface area contributed by atoms with Crippen LogP contribution in [-0.4, -0.2) is 15.8 Å². The van der Waals surface area contributed by atoms with Gasteiger partial charge in [0.2, 0.25) is 0 Å². The average molecular weight is 286 g/mol. The predicted molar refractivity (Wildman–Crippen MR) is 88.2 cm³/mol. The lowest BCUT2D eigenvalue weighted by atomic mass is 10.1. The Balaban J connectivity index is 2.23. The summed E-state index contributed by atoms with van der Waals surface area (Å²) < 4.78 is 1.99. The van der Waals surface area contributed by atoms with E-state index >= 15 is 0 Å². The molecule has 0 atom stereocenters. The maximum Gasteiger partial charge on any atom is 0.0625 e. The minimum absolute atomic E-state index is 0.425. The molecule has 2 N–H and O–H groups in total. The Morgan fingerprint density at radius 1 is 1.24 bits per heavy atom. The first kappa shape index (κ1) is 15.6. The molecule has 2 aromatic rings. The van der Waals surface area contributed by atoms with Crippen LogP contribution in [0, 0.1) is 0 Å². The van der Waals surface area contributed by atoms with E-state index in [1.54, 1.807) is 0 Å². The molecular weight excluding hydrogens is 260 g/mol. The fraction of sp³-hybridized carbons (Fsp3) is 0.471. The van der Waals surface area contributed by atoms with Gasteiger partial charge in [-0.15, -0.1) is 0 Å². The second-order valence-corrected chi connectivity index (χ2v) is 5.70. The van der Waals surface area contributed by atoms with Crippen molar-refractivity contribution < 1.29 is 0 Å². The van der Waals surface area contributed by atoms with Crippen LogP contribution in [0.15, 0.2) is 30.3 Å². The van der Waals surface area contributed by atoms with E-state index in [1.807, 2.05) is 11.7 Å². The Morgan fingerprint density at radius 3 is 2.38 bits per heavy atom. The maximum absolute atomic E-state index is 5.67. The fourth-order valence-electron chi connectivity index (χ4n) is 2.46. The molecule has 0 amide bonds. The molecule has 1 heterocycles. The predicted octanol–water partition coefficient (Wildman–Crippen LogP) is 2.86. The minimum atomic E-state index is 0.425. The van der Waals surface area contributed by atoms with Gasteiger partial charge in [-0.2, -0.15) is 5.10 Å². The van der Waals surface area contributed by atoms with Gasteiger partial charge < -0.3 is 10.6 Å². The van der Waals surface area contributed by atoms with Crippen molar-refractivity contribution in [1.29, 1.82) is 0 Å². The molecule has 1 aromatic heterocycles. The first-order chi connectivity index (χ1) is 10.0. The molecule has 4 heteroatoms. The molecule has 4 nitrogen and oxygen atoms in total. The zero-order valence-electron chi connectivity index (χ0n) is 13.5. The summed E-state index contributed by atoms with van der Waals surface area (Å²) in [6, 6.07) is 11.1. The van der Waals surface area contributed by atoms with Crippen molar-refractivity contribution in [3.8, 4) is 0 Å². The summed E-state index contributed by atoms with van der Waals surface area (Å²) in [6.45, 7) is 8.02. The second kappa shape index (κ2) is 6.76. The highest BCUT2D eigenvalue weighted by Gasteiger charge is 2.14. The Kier molecular flexibility index (Phi) is 5.02. The monoisotopic (exact) mass is 286 g/mol. The van der Waals surface area contributed by atoms with Crippen LogP contribution in [0.1, 0.15) is 37.7 Å². The van der Waals surface area contributed by atoms with Gasteiger partial charge in [-0.25, -0.2) is 0 Å². The fourth-order valence-corrected chi connectivity index (χ4v) is 2.46.